The Labute approximate surface area is 169 Å². The highest BCUT2D eigenvalue weighted by molar-refractivity contribution is 5.99. The van der Waals surface area contributed by atoms with E-state index in [9.17, 15) is 4.79 Å². The zero-order valence-corrected chi connectivity index (χ0v) is 16.5. The van der Waals surface area contributed by atoms with Crippen LogP contribution in [0.5, 0.6) is 11.5 Å². The molecule has 1 saturated heterocycles. The van der Waals surface area contributed by atoms with Gasteiger partial charge in [0, 0.05) is 23.5 Å². The number of amides is 1. The van der Waals surface area contributed by atoms with Crippen molar-refractivity contribution in [2.75, 3.05) is 39.6 Å². The third-order valence-electron chi connectivity index (χ3n) is 5.21. The first-order valence-corrected chi connectivity index (χ1v) is 9.76. The van der Waals surface area contributed by atoms with Crippen molar-refractivity contribution < 1.29 is 24.0 Å². The average molecular weight is 397 g/mol. The van der Waals surface area contributed by atoms with E-state index in [0.717, 1.165) is 44.0 Å². The predicted molar refractivity (Wildman–Crippen MR) is 106 cm³/mol. The van der Waals surface area contributed by atoms with Gasteiger partial charge in [0.25, 0.3) is 5.91 Å². The van der Waals surface area contributed by atoms with Gasteiger partial charge in [-0.25, -0.2) is 0 Å². The molecule has 0 unspecified atom stereocenters. The SMILES string of the molecule is C/C(=N/OCC(=O)N1CC[NH+](Cc2ccncc2)CC1)c1ccc2c(c1)OCO2. The van der Waals surface area contributed by atoms with Gasteiger partial charge in [0.2, 0.25) is 6.79 Å². The van der Waals surface area contributed by atoms with Gasteiger partial charge in [0.05, 0.1) is 31.9 Å². The molecule has 8 heteroatoms. The number of oxime groups is 1. The summed E-state index contributed by atoms with van der Waals surface area (Å²) in [6.07, 6.45) is 3.63. The summed E-state index contributed by atoms with van der Waals surface area (Å²) in [5.41, 5.74) is 2.82. The lowest BCUT2D eigenvalue weighted by molar-refractivity contribution is -0.917. The molecule has 2 aromatic rings. The van der Waals surface area contributed by atoms with Crippen molar-refractivity contribution >= 4 is 11.6 Å². The van der Waals surface area contributed by atoms with Crippen LogP contribution in [0.4, 0.5) is 0 Å². The van der Waals surface area contributed by atoms with Gasteiger partial charge in [-0.2, -0.15) is 0 Å². The minimum absolute atomic E-state index is 0.0322. The summed E-state index contributed by atoms with van der Waals surface area (Å²) in [5.74, 6) is 1.39. The number of benzene rings is 1. The first kappa shape index (κ1) is 19.2. The number of fused-ring (bicyclic) bond motifs is 1. The molecule has 2 aliphatic rings. The van der Waals surface area contributed by atoms with Crippen LogP contribution in [0.15, 0.2) is 47.9 Å². The van der Waals surface area contributed by atoms with Crippen LogP contribution in [-0.2, 0) is 16.2 Å². The lowest BCUT2D eigenvalue weighted by Gasteiger charge is -2.32. The topological polar surface area (TPSA) is 77.7 Å². The Hall–Kier alpha value is -3.13. The summed E-state index contributed by atoms with van der Waals surface area (Å²) < 4.78 is 10.7. The van der Waals surface area contributed by atoms with E-state index in [0.29, 0.717) is 11.5 Å². The van der Waals surface area contributed by atoms with Crippen molar-refractivity contribution in [3.8, 4) is 11.5 Å². The number of quaternary nitrogens is 1. The van der Waals surface area contributed by atoms with Gasteiger partial charge in [-0.1, -0.05) is 5.16 Å². The molecule has 29 heavy (non-hydrogen) atoms. The third kappa shape index (κ3) is 4.83. The van der Waals surface area contributed by atoms with E-state index < -0.39 is 0 Å². The predicted octanol–water partition coefficient (Wildman–Crippen LogP) is 0.478. The fraction of sp³-hybridized carbons (Fsp3) is 0.381. The second-order valence-corrected chi connectivity index (χ2v) is 7.18. The van der Waals surface area contributed by atoms with Crippen LogP contribution >= 0.6 is 0 Å². The Morgan fingerprint density at radius 2 is 1.93 bits per heavy atom. The van der Waals surface area contributed by atoms with Crippen LogP contribution in [0.3, 0.4) is 0 Å². The maximum Gasteiger partial charge on any atom is 0.263 e. The molecule has 1 amide bonds. The van der Waals surface area contributed by atoms with Crippen LogP contribution in [0.2, 0.25) is 0 Å². The van der Waals surface area contributed by atoms with Gasteiger partial charge in [-0.15, -0.1) is 0 Å². The number of nitrogens with zero attached hydrogens (tertiary/aromatic N) is 3. The molecule has 8 nitrogen and oxygen atoms in total. The maximum absolute atomic E-state index is 12.4. The van der Waals surface area contributed by atoms with E-state index >= 15 is 0 Å². The summed E-state index contributed by atoms with van der Waals surface area (Å²) in [5, 5.41) is 4.09. The molecule has 152 valence electrons. The van der Waals surface area contributed by atoms with E-state index in [1.54, 1.807) is 0 Å². The smallest absolute Gasteiger partial charge is 0.263 e. The lowest BCUT2D eigenvalue weighted by Crippen LogP contribution is -3.13. The van der Waals surface area contributed by atoms with Gasteiger partial charge < -0.3 is 24.1 Å². The van der Waals surface area contributed by atoms with E-state index in [2.05, 4.69) is 10.1 Å². The summed E-state index contributed by atoms with van der Waals surface area (Å²) in [4.78, 5) is 25.1. The molecule has 0 atom stereocenters. The highest BCUT2D eigenvalue weighted by atomic mass is 16.7. The van der Waals surface area contributed by atoms with Crippen LogP contribution in [-0.4, -0.2) is 61.1 Å². The number of piperazine rings is 1. The molecule has 2 aliphatic heterocycles. The van der Waals surface area contributed by atoms with E-state index in [1.165, 1.54) is 10.5 Å². The molecule has 0 saturated carbocycles. The molecule has 4 rings (SSSR count). The molecule has 1 aromatic heterocycles. The molecule has 1 aromatic carbocycles. The van der Waals surface area contributed by atoms with Crippen molar-refractivity contribution in [1.82, 2.24) is 9.88 Å². The summed E-state index contributed by atoms with van der Waals surface area (Å²) >= 11 is 0. The molecule has 3 heterocycles. The molecular weight excluding hydrogens is 372 g/mol. The van der Waals surface area contributed by atoms with Crippen molar-refractivity contribution in [1.29, 1.82) is 0 Å². The van der Waals surface area contributed by atoms with Gasteiger partial charge in [0.15, 0.2) is 18.1 Å². The number of carbonyl (C=O) groups is 1. The highest BCUT2D eigenvalue weighted by Gasteiger charge is 2.24. The summed E-state index contributed by atoms with van der Waals surface area (Å²) in [6.45, 7) is 6.28. The van der Waals surface area contributed by atoms with Crippen molar-refractivity contribution in [3.05, 3.63) is 53.9 Å². The lowest BCUT2D eigenvalue weighted by atomic mass is 10.1. The van der Waals surface area contributed by atoms with Gasteiger partial charge >= 0.3 is 0 Å². The van der Waals surface area contributed by atoms with E-state index in [-0.39, 0.29) is 19.3 Å². The Bertz CT molecular complexity index is 880. The number of carbonyl (C=O) groups excluding carboxylic acids is 1. The molecular formula is C21H25N4O4+. The number of ether oxygens (including phenoxy) is 2. The first-order chi connectivity index (χ1) is 14.2. The normalized spacial score (nSPS) is 16.7. The standard InChI is InChI=1S/C21H24N4O4/c1-16(18-2-3-19-20(12-18)28-15-27-19)23-29-14-21(26)25-10-8-24(9-11-25)13-17-4-6-22-7-5-17/h2-7,12H,8-11,13-15H2,1H3/p+1/b23-16-. The average Bonchev–Trinajstić information content (AvgIpc) is 3.23. The van der Waals surface area contributed by atoms with Gasteiger partial charge in [-0.05, 0) is 37.3 Å². The molecule has 1 fully saturated rings. The highest BCUT2D eigenvalue weighted by Crippen LogP contribution is 2.32. The molecule has 0 radical (unpaired) electrons. The Morgan fingerprint density at radius 3 is 2.72 bits per heavy atom. The zero-order chi connectivity index (χ0) is 20.1. The monoisotopic (exact) mass is 397 g/mol. The second-order valence-electron chi connectivity index (χ2n) is 7.18. The summed E-state index contributed by atoms with van der Waals surface area (Å²) in [6, 6.07) is 9.67. The largest absolute Gasteiger partial charge is 0.454 e. The Morgan fingerprint density at radius 1 is 1.17 bits per heavy atom. The van der Waals surface area contributed by atoms with Gasteiger partial charge in [-0.3, -0.25) is 9.78 Å². The number of hydrogen-bond acceptors (Lipinski definition) is 6. The van der Waals surface area contributed by atoms with E-state index in [1.807, 2.05) is 54.5 Å². The van der Waals surface area contributed by atoms with Crippen LogP contribution in [0.1, 0.15) is 18.1 Å². The number of hydrogen-bond donors (Lipinski definition) is 1. The number of pyridine rings is 1. The minimum atomic E-state index is -0.0540. The fourth-order valence-corrected chi connectivity index (χ4v) is 3.49. The quantitative estimate of drug-likeness (QED) is 0.567. The number of nitrogens with one attached hydrogen (secondary N) is 1. The van der Waals surface area contributed by atoms with Crippen LogP contribution < -0.4 is 14.4 Å². The molecule has 0 aliphatic carbocycles. The molecule has 1 N–H and O–H groups in total. The number of aromatic nitrogens is 1. The zero-order valence-electron chi connectivity index (χ0n) is 16.5. The molecule has 0 spiro atoms. The minimum Gasteiger partial charge on any atom is -0.454 e. The van der Waals surface area contributed by atoms with E-state index in [4.69, 9.17) is 14.3 Å². The first-order valence-electron chi connectivity index (χ1n) is 9.76. The Kier molecular flexibility index (Phi) is 5.90. The maximum atomic E-state index is 12.4. The van der Waals surface area contributed by atoms with Crippen molar-refractivity contribution in [3.63, 3.8) is 0 Å². The number of rotatable bonds is 6. The van der Waals surface area contributed by atoms with Crippen LogP contribution in [0, 0.1) is 0 Å². The fourth-order valence-electron chi connectivity index (χ4n) is 3.49. The third-order valence-corrected chi connectivity index (χ3v) is 5.21. The Balaban J connectivity index is 1.22. The van der Waals surface area contributed by atoms with Gasteiger partial charge in [0.1, 0.15) is 6.54 Å². The molecule has 0 bridgehead atoms. The summed E-state index contributed by atoms with van der Waals surface area (Å²) in [7, 11) is 0. The second kappa shape index (κ2) is 8.91. The van der Waals surface area contributed by atoms with Crippen LogP contribution in [0.25, 0.3) is 0 Å². The van der Waals surface area contributed by atoms with Crippen molar-refractivity contribution in [2.45, 2.75) is 13.5 Å². The van der Waals surface area contributed by atoms with Crippen molar-refractivity contribution in [2.24, 2.45) is 5.16 Å².